The maximum absolute atomic E-state index is 8.94. The Bertz CT molecular complexity index is 631. The van der Waals surface area contributed by atoms with Crippen LogP contribution in [0.1, 0.15) is 32.3 Å². The van der Waals surface area contributed by atoms with Gasteiger partial charge in [0, 0.05) is 29.2 Å². The fourth-order valence-corrected chi connectivity index (χ4v) is 2.51. The molecule has 2 aromatic rings. The van der Waals surface area contributed by atoms with E-state index in [1.165, 1.54) is 5.69 Å². The number of aromatic nitrogens is 3. The maximum Gasteiger partial charge on any atom is 0.234 e. The number of alkyl halides is 1. The Balaban J connectivity index is 2.60. The lowest BCUT2D eigenvalue weighted by Gasteiger charge is -2.21. The molecule has 19 heavy (non-hydrogen) atoms. The fourth-order valence-electron chi connectivity index (χ4n) is 2.10. The van der Waals surface area contributed by atoms with E-state index in [1.54, 1.807) is 6.20 Å². The molecule has 0 aromatic carbocycles. The summed E-state index contributed by atoms with van der Waals surface area (Å²) < 4.78 is 2.21. The second-order valence-corrected chi connectivity index (χ2v) is 6.60. The van der Waals surface area contributed by atoms with Gasteiger partial charge in [-0.3, -0.25) is 0 Å². The molecule has 2 rings (SSSR count). The first-order chi connectivity index (χ1) is 8.94. The molecule has 0 bridgehead atoms. The third-order valence-electron chi connectivity index (χ3n) is 2.80. The molecule has 0 aliphatic rings. The summed E-state index contributed by atoms with van der Waals surface area (Å²) in [7, 11) is 0. The van der Waals surface area contributed by atoms with Crippen molar-refractivity contribution in [2.75, 3.05) is 5.33 Å². The van der Waals surface area contributed by atoms with Crippen molar-refractivity contribution in [2.45, 2.75) is 33.7 Å². The highest BCUT2D eigenvalue weighted by Gasteiger charge is 2.17. The molecule has 0 spiro atoms. The van der Waals surface area contributed by atoms with Gasteiger partial charge in [-0.1, -0.05) is 36.7 Å². The molecular weight excluding hydrogens is 304 g/mol. The van der Waals surface area contributed by atoms with Gasteiger partial charge in [-0.05, 0) is 17.9 Å². The highest BCUT2D eigenvalue weighted by molar-refractivity contribution is 9.09. The Morgan fingerprint density at radius 3 is 2.74 bits per heavy atom. The van der Waals surface area contributed by atoms with Gasteiger partial charge in [-0.2, -0.15) is 5.26 Å². The number of nitriles is 1. The van der Waals surface area contributed by atoms with Gasteiger partial charge in [-0.25, -0.2) is 9.97 Å². The average Bonchev–Trinajstić information content (AvgIpc) is 2.65. The van der Waals surface area contributed by atoms with Crippen molar-refractivity contribution in [3.05, 3.63) is 23.8 Å². The molecule has 0 radical (unpaired) electrons. The van der Waals surface area contributed by atoms with Crippen LogP contribution in [0.3, 0.4) is 0 Å². The molecule has 0 saturated carbocycles. The van der Waals surface area contributed by atoms with Crippen molar-refractivity contribution in [2.24, 2.45) is 5.41 Å². The number of rotatable bonds is 3. The molecule has 0 amide bonds. The van der Waals surface area contributed by atoms with Crippen LogP contribution in [0.4, 0.5) is 0 Å². The molecule has 0 unspecified atom stereocenters. The Morgan fingerprint density at radius 1 is 1.42 bits per heavy atom. The zero-order chi connectivity index (χ0) is 14.0. The average molecular weight is 321 g/mol. The first-order valence-corrected chi connectivity index (χ1v) is 7.38. The van der Waals surface area contributed by atoms with E-state index >= 15 is 0 Å². The molecule has 5 heteroatoms. The summed E-state index contributed by atoms with van der Waals surface area (Å²) in [4.78, 5) is 8.40. The smallest absolute Gasteiger partial charge is 0.234 e. The molecule has 0 N–H and O–H groups in total. The van der Waals surface area contributed by atoms with Crippen molar-refractivity contribution in [3.63, 3.8) is 0 Å². The predicted octanol–water partition coefficient (Wildman–Crippen LogP) is 3.29. The summed E-state index contributed by atoms with van der Waals surface area (Å²) in [6.07, 6.45) is 2.67. The van der Waals surface area contributed by atoms with Crippen molar-refractivity contribution >= 4 is 27.0 Å². The van der Waals surface area contributed by atoms with Gasteiger partial charge in [0.2, 0.25) is 5.82 Å². The van der Waals surface area contributed by atoms with Crippen LogP contribution in [0.15, 0.2) is 12.3 Å². The van der Waals surface area contributed by atoms with Crippen LogP contribution >= 0.6 is 15.9 Å². The van der Waals surface area contributed by atoms with Gasteiger partial charge in [-0.15, -0.1) is 0 Å². The number of nitrogens with zero attached hydrogens (tertiary/aromatic N) is 4. The molecule has 100 valence electrons. The lowest BCUT2D eigenvalue weighted by molar-refractivity contribution is 0.344. The van der Waals surface area contributed by atoms with Crippen molar-refractivity contribution in [3.8, 4) is 6.07 Å². The normalized spacial score (nSPS) is 11.7. The summed E-state index contributed by atoms with van der Waals surface area (Å²) in [5.41, 5.74) is 2.24. The molecule has 2 aromatic heterocycles. The summed E-state index contributed by atoms with van der Waals surface area (Å²) in [6.45, 7) is 7.47. The topological polar surface area (TPSA) is 54.5 Å². The Kier molecular flexibility index (Phi) is 3.91. The SMILES string of the molecule is CC(C)(C)Cn1c(CCBr)cc2cnc(C#N)nc21. The zero-order valence-electron chi connectivity index (χ0n) is 11.4. The lowest BCUT2D eigenvalue weighted by Crippen LogP contribution is -2.18. The van der Waals surface area contributed by atoms with Gasteiger partial charge in [0.1, 0.15) is 11.7 Å². The highest BCUT2D eigenvalue weighted by Crippen LogP contribution is 2.24. The fraction of sp³-hybridized carbons (Fsp3) is 0.500. The number of hydrogen-bond donors (Lipinski definition) is 0. The van der Waals surface area contributed by atoms with E-state index in [4.69, 9.17) is 5.26 Å². The minimum atomic E-state index is 0.158. The standard InChI is InChI=1S/C14H17BrN4/c1-14(2,3)9-19-11(4-5-15)6-10-8-17-12(7-16)18-13(10)19/h6,8H,4-5,9H2,1-3H3. The lowest BCUT2D eigenvalue weighted by atomic mass is 9.97. The van der Waals surface area contributed by atoms with E-state index in [9.17, 15) is 0 Å². The third-order valence-corrected chi connectivity index (χ3v) is 3.20. The van der Waals surface area contributed by atoms with Crippen LogP contribution in [0.5, 0.6) is 0 Å². The van der Waals surface area contributed by atoms with E-state index in [2.05, 4.69) is 57.3 Å². The minimum Gasteiger partial charge on any atom is -0.329 e. The van der Waals surface area contributed by atoms with Gasteiger partial charge < -0.3 is 4.57 Å². The molecule has 4 nitrogen and oxygen atoms in total. The van der Waals surface area contributed by atoms with Gasteiger partial charge in [0.15, 0.2) is 0 Å². The van der Waals surface area contributed by atoms with Crippen molar-refractivity contribution in [1.82, 2.24) is 14.5 Å². The molecule has 0 atom stereocenters. The Morgan fingerprint density at radius 2 is 2.16 bits per heavy atom. The van der Waals surface area contributed by atoms with Gasteiger partial charge >= 0.3 is 0 Å². The number of aryl methyl sites for hydroxylation is 1. The maximum atomic E-state index is 8.94. The first-order valence-electron chi connectivity index (χ1n) is 6.26. The van der Waals surface area contributed by atoms with Gasteiger partial charge in [0.05, 0.1) is 0 Å². The Hall–Kier alpha value is -1.41. The summed E-state index contributed by atoms with van der Waals surface area (Å²) in [5, 5.41) is 10.8. The second-order valence-electron chi connectivity index (χ2n) is 5.81. The van der Waals surface area contributed by atoms with Crippen LogP contribution in [-0.2, 0) is 13.0 Å². The van der Waals surface area contributed by atoms with E-state index in [0.29, 0.717) is 0 Å². The van der Waals surface area contributed by atoms with E-state index < -0.39 is 0 Å². The van der Waals surface area contributed by atoms with Crippen molar-refractivity contribution < 1.29 is 0 Å². The number of hydrogen-bond acceptors (Lipinski definition) is 3. The summed E-state index contributed by atoms with van der Waals surface area (Å²) >= 11 is 3.48. The second kappa shape index (κ2) is 5.30. The molecule has 0 saturated heterocycles. The number of halogens is 1. The van der Waals surface area contributed by atoms with Crippen LogP contribution in [0, 0.1) is 16.7 Å². The zero-order valence-corrected chi connectivity index (χ0v) is 13.0. The predicted molar refractivity (Wildman–Crippen MR) is 79.2 cm³/mol. The van der Waals surface area contributed by atoms with Crippen LogP contribution in [0.2, 0.25) is 0 Å². The first kappa shape index (κ1) is 14.0. The molecule has 0 aliphatic carbocycles. The van der Waals surface area contributed by atoms with E-state index in [-0.39, 0.29) is 11.2 Å². The summed E-state index contributed by atoms with van der Waals surface area (Å²) in [5.74, 6) is 0.228. The Labute approximate surface area is 121 Å². The monoisotopic (exact) mass is 320 g/mol. The third kappa shape index (κ3) is 3.13. The van der Waals surface area contributed by atoms with E-state index in [0.717, 1.165) is 29.3 Å². The quantitative estimate of drug-likeness (QED) is 0.815. The highest BCUT2D eigenvalue weighted by atomic mass is 79.9. The van der Waals surface area contributed by atoms with Crippen LogP contribution in [-0.4, -0.2) is 19.9 Å². The number of fused-ring (bicyclic) bond motifs is 1. The van der Waals surface area contributed by atoms with E-state index in [1.807, 2.05) is 6.07 Å². The van der Waals surface area contributed by atoms with Gasteiger partial charge in [0.25, 0.3) is 0 Å². The molecular formula is C14H17BrN4. The van der Waals surface area contributed by atoms with Crippen molar-refractivity contribution in [1.29, 1.82) is 5.26 Å². The molecule has 0 fully saturated rings. The molecule has 2 heterocycles. The van der Waals surface area contributed by atoms with Crippen LogP contribution in [0.25, 0.3) is 11.0 Å². The minimum absolute atomic E-state index is 0.158. The molecule has 0 aliphatic heterocycles. The summed E-state index contributed by atoms with van der Waals surface area (Å²) in [6, 6.07) is 4.12. The largest absolute Gasteiger partial charge is 0.329 e. The van der Waals surface area contributed by atoms with Crippen LogP contribution < -0.4 is 0 Å².